The van der Waals surface area contributed by atoms with Crippen molar-refractivity contribution in [2.75, 3.05) is 18.4 Å². The van der Waals surface area contributed by atoms with E-state index in [0.717, 1.165) is 36.5 Å². The fourth-order valence-corrected chi connectivity index (χ4v) is 4.57. The first-order chi connectivity index (χ1) is 14.1. The Bertz CT molecular complexity index is 1050. The van der Waals surface area contributed by atoms with Gasteiger partial charge in [-0.2, -0.15) is 0 Å². The summed E-state index contributed by atoms with van der Waals surface area (Å²) in [6.07, 6.45) is 13.4. The molecule has 0 spiro atoms. The van der Waals surface area contributed by atoms with Crippen LogP contribution >= 0.6 is 0 Å². The Morgan fingerprint density at radius 3 is 2.90 bits per heavy atom. The molecule has 3 aliphatic rings. The molecule has 0 saturated carbocycles. The van der Waals surface area contributed by atoms with E-state index in [4.69, 9.17) is 0 Å². The van der Waals surface area contributed by atoms with E-state index in [9.17, 15) is 9.59 Å². The van der Waals surface area contributed by atoms with E-state index in [0.29, 0.717) is 30.5 Å². The third kappa shape index (κ3) is 3.67. The molecule has 2 aromatic rings. The fraction of sp³-hybridized carbons (Fsp3) is 0.391. The zero-order valence-electron chi connectivity index (χ0n) is 16.3. The van der Waals surface area contributed by atoms with Crippen molar-refractivity contribution < 1.29 is 9.59 Å². The highest BCUT2D eigenvalue weighted by molar-refractivity contribution is 5.94. The molecule has 7 heteroatoms. The van der Waals surface area contributed by atoms with Crippen LogP contribution in [0.5, 0.6) is 0 Å². The first-order valence-electron chi connectivity index (χ1n) is 10.0. The Balaban J connectivity index is 0.00000218. The maximum absolute atomic E-state index is 12.7. The molecule has 2 aromatic heterocycles. The van der Waals surface area contributed by atoms with Gasteiger partial charge < -0.3 is 14.8 Å². The molecule has 2 aliphatic heterocycles. The van der Waals surface area contributed by atoms with Gasteiger partial charge in [0.15, 0.2) is 0 Å². The number of rotatable bonds is 3. The number of hydrogen-bond acceptors (Lipinski definition) is 4. The van der Waals surface area contributed by atoms with Gasteiger partial charge in [0.1, 0.15) is 11.6 Å². The number of imidazole rings is 1. The fourth-order valence-electron chi connectivity index (χ4n) is 4.57. The minimum Gasteiger partial charge on any atom is -0.338 e. The van der Waals surface area contributed by atoms with Crippen molar-refractivity contribution in [3.05, 3.63) is 53.8 Å². The molecule has 2 unspecified atom stereocenters. The molecule has 4 heterocycles. The van der Waals surface area contributed by atoms with E-state index in [2.05, 4.69) is 25.9 Å². The van der Waals surface area contributed by atoms with Crippen LogP contribution in [0.4, 0.5) is 5.82 Å². The third-order valence-electron chi connectivity index (χ3n) is 6.09. The highest BCUT2D eigenvalue weighted by Crippen LogP contribution is 2.40. The topological polar surface area (TPSA) is 80.1 Å². The van der Waals surface area contributed by atoms with E-state index < -0.39 is 0 Å². The van der Waals surface area contributed by atoms with Crippen LogP contribution in [0.3, 0.4) is 0 Å². The lowest BCUT2D eigenvalue weighted by Crippen LogP contribution is -2.27. The summed E-state index contributed by atoms with van der Waals surface area (Å²) in [5.74, 6) is 2.60. The molecular formula is C23H27N5O2. The van der Waals surface area contributed by atoms with E-state index in [-0.39, 0.29) is 19.2 Å². The van der Waals surface area contributed by atoms with E-state index in [1.807, 2.05) is 36.5 Å². The van der Waals surface area contributed by atoms with Gasteiger partial charge in [0.25, 0.3) is 0 Å². The number of likely N-dealkylation sites (tertiary alicyclic amines) is 1. The second kappa shape index (κ2) is 7.89. The number of carbonyl (C=O) groups is 2. The first kappa shape index (κ1) is 20.1. The van der Waals surface area contributed by atoms with Gasteiger partial charge in [0.05, 0.1) is 0 Å². The number of amides is 2. The average molecular weight is 406 g/mol. The molecule has 0 radical (unpaired) electrons. The number of carbonyl (C=O) groups excluding carboxylic acids is 2. The summed E-state index contributed by atoms with van der Waals surface area (Å²) in [6.45, 7) is 1.54. The quantitative estimate of drug-likeness (QED) is 0.797. The number of hydrogen-bond donors (Lipinski definition) is 1. The molecule has 30 heavy (non-hydrogen) atoms. The van der Waals surface area contributed by atoms with Crippen LogP contribution in [0, 0.1) is 11.8 Å². The number of fused-ring (bicyclic) bond motifs is 2. The number of nitrogens with zero attached hydrogens (tertiary/aromatic N) is 4. The normalized spacial score (nSPS) is 22.4. The van der Waals surface area contributed by atoms with E-state index in [1.165, 1.54) is 5.57 Å². The second-order valence-corrected chi connectivity index (χ2v) is 8.08. The predicted octanol–water partition coefficient (Wildman–Crippen LogP) is 2.91. The van der Waals surface area contributed by atoms with Crippen LogP contribution in [-0.2, 0) is 23.1 Å². The number of pyridine rings is 1. The highest BCUT2D eigenvalue weighted by atomic mass is 16.2. The van der Waals surface area contributed by atoms with Crippen LogP contribution in [0.25, 0.3) is 11.6 Å². The molecule has 2 atom stereocenters. The maximum atomic E-state index is 12.7. The van der Waals surface area contributed by atoms with Gasteiger partial charge >= 0.3 is 0 Å². The van der Waals surface area contributed by atoms with Crippen LogP contribution in [0.15, 0.2) is 36.8 Å². The summed E-state index contributed by atoms with van der Waals surface area (Å²) < 4.78 is 2.05. The zero-order valence-corrected chi connectivity index (χ0v) is 16.3. The summed E-state index contributed by atoms with van der Waals surface area (Å²) in [5.41, 5.74) is 3.19. The molecule has 2 amide bonds. The number of allylic oxidation sites excluding steroid dienone is 1. The number of nitrogens with one attached hydrogen (secondary N) is 1. The molecule has 1 saturated heterocycles. The maximum Gasteiger partial charge on any atom is 0.246 e. The molecule has 1 N–H and O–H groups in total. The van der Waals surface area contributed by atoms with Crippen molar-refractivity contribution in [3.63, 3.8) is 0 Å². The molecule has 0 aromatic carbocycles. The predicted molar refractivity (Wildman–Crippen MR) is 116 cm³/mol. The zero-order chi connectivity index (χ0) is 20.0. The second-order valence-electron chi connectivity index (χ2n) is 8.08. The molecule has 7 nitrogen and oxygen atoms in total. The number of aromatic nitrogens is 3. The summed E-state index contributed by atoms with van der Waals surface area (Å²) in [7, 11) is 2.02. The average Bonchev–Trinajstić information content (AvgIpc) is 3.40. The molecule has 5 rings (SSSR count). The van der Waals surface area contributed by atoms with Crippen LogP contribution in [0.2, 0.25) is 0 Å². The molecular weight excluding hydrogens is 378 g/mol. The third-order valence-corrected chi connectivity index (χ3v) is 6.09. The minimum atomic E-state index is 0. The lowest BCUT2D eigenvalue weighted by molar-refractivity contribution is -0.125. The smallest absolute Gasteiger partial charge is 0.246 e. The Morgan fingerprint density at radius 2 is 2.13 bits per heavy atom. The molecule has 1 aliphatic carbocycles. The summed E-state index contributed by atoms with van der Waals surface area (Å²) in [6, 6.07) is 1.99. The van der Waals surface area contributed by atoms with Gasteiger partial charge in [-0.1, -0.05) is 13.5 Å². The van der Waals surface area contributed by atoms with E-state index in [1.54, 1.807) is 12.3 Å². The Morgan fingerprint density at radius 1 is 1.27 bits per heavy atom. The van der Waals surface area contributed by atoms with Crippen LogP contribution in [-0.4, -0.2) is 44.3 Å². The summed E-state index contributed by atoms with van der Waals surface area (Å²) in [4.78, 5) is 34.8. The van der Waals surface area contributed by atoms with Gasteiger partial charge in [-0.25, -0.2) is 9.97 Å². The highest BCUT2D eigenvalue weighted by Gasteiger charge is 2.38. The van der Waals surface area contributed by atoms with Crippen molar-refractivity contribution in [2.24, 2.45) is 18.9 Å². The standard InChI is InChI=1S/C22H23N5O2.CH4/c1-26-7-6-23-22(26)16-9-17-12-27(13-18(17)10-16)20(29)5-2-14-8-15-3-4-19(28)25-21(15)24-11-14;/h2,5-9,11,17-18H,3-4,10,12-13H2,1H3,(H,24,25,28);1H4/b5-2+;. The van der Waals surface area contributed by atoms with Gasteiger partial charge in [0.2, 0.25) is 11.8 Å². The SMILES string of the molecule is C.Cn1ccnc1C1=CC2CN(C(=O)/C=C/c3cnc4c(c3)CCC(=O)N4)CC2C1. The van der Waals surface area contributed by atoms with Crippen LogP contribution in [0.1, 0.15) is 37.2 Å². The number of anilines is 1. The summed E-state index contributed by atoms with van der Waals surface area (Å²) in [5, 5.41) is 2.78. The molecule has 156 valence electrons. The van der Waals surface area contributed by atoms with Crippen molar-refractivity contribution in [2.45, 2.75) is 26.7 Å². The van der Waals surface area contributed by atoms with Gasteiger partial charge in [-0.05, 0) is 53.5 Å². The Kier molecular flexibility index (Phi) is 5.28. The minimum absolute atomic E-state index is 0. The van der Waals surface area contributed by atoms with Crippen molar-refractivity contribution in [3.8, 4) is 0 Å². The monoisotopic (exact) mass is 405 g/mol. The van der Waals surface area contributed by atoms with Gasteiger partial charge in [-0.3, -0.25) is 9.59 Å². The van der Waals surface area contributed by atoms with Gasteiger partial charge in [0, 0.05) is 51.2 Å². The Hall–Kier alpha value is -3.22. The largest absolute Gasteiger partial charge is 0.338 e. The Labute approximate surface area is 176 Å². The lowest BCUT2D eigenvalue weighted by atomic mass is 10.00. The number of aryl methyl sites for hydroxylation is 2. The molecule has 0 bridgehead atoms. The van der Waals surface area contributed by atoms with Gasteiger partial charge in [-0.15, -0.1) is 0 Å². The van der Waals surface area contributed by atoms with Crippen molar-refractivity contribution in [1.29, 1.82) is 0 Å². The van der Waals surface area contributed by atoms with E-state index >= 15 is 0 Å². The van der Waals surface area contributed by atoms with Crippen molar-refractivity contribution in [1.82, 2.24) is 19.4 Å². The summed E-state index contributed by atoms with van der Waals surface area (Å²) >= 11 is 0. The van der Waals surface area contributed by atoms with Crippen LogP contribution < -0.4 is 5.32 Å². The molecule has 1 fully saturated rings. The lowest BCUT2D eigenvalue weighted by Gasteiger charge is -2.16. The first-order valence-corrected chi connectivity index (χ1v) is 10.0. The van der Waals surface area contributed by atoms with Crippen molar-refractivity contribution >= 4 is 29.3 Å².